The molecule has 0 spiro atoms. The lowest BCUT2D eigenvalue weighted by atomic mass is 9.97. The minimum atomic E-state index is -0.223. The fourth-order valence-electron chi connectivity index (χ4n) is 2.53. The van der Waals surface area contributed by atoms with Crippen LogP contribution in [0.1, 0.15) is 42.5 Å². The lowest BCUT2D eigenvalue weighted by molar-refractivity contribution is 0.615. The van der Waals surface area contributed by atoms with Crippen LogP contribution in [0.5, 0.6) is 0 Å². The molecule has 1 unspecified atom stereocenters. The topological polar surface area (TPSA) is 12.0 Å². The van der Waals surface area contributed by atoms with Crippen molar-refractivity contribution < 1.29 is 4.39 Å². The monoisotopic (exact) mass is 349 g/mol. The lowest BCUT2D eigenvalue weighted by Gasteiger charge is -2.18. The zero-order valence-corrected chi connectivity index (χ0v) is 14.1. The highest BCUT2D eigenvalue weighted by Gasteiger charge is 2.13. The highest BCUT2D eigenvalue weighted by molar-refractivity contribution is 9.10. The largest absolute Gasteiger partial charge is 0.309 e. The number of halogens is 2. The van der Waals surface area contributed by atoms with Crippen molar-refractivity contribution in [2.45, 2.75) is 32.2 Å². The standard InChI is InChI=1S/C18H21BrFN/c1-3-4-5-13-6-8-14(9-7-13)18(21-2)15-10-16(19)12-17(20)11-15/h6-12,18,21H,3-5H2,1-2H3. The van der Waals surface area contributed by atoms with Gasteiger partial charge < -0.3 is 5.32 Å². The van der Waals surface area contributed by atoms with Gasteiger partial charge >= 0.3 is 0 Å². The Balaban J connectivity index is 2.24. The fourth-order valence-corrected chi connectivity index (χ4v) is 3.01. The van der Waals surface area contributed by atoms with Crippen molar-refractivity contribution in [3.8, 4) is 0 Å². The number of nitrogens with one attached hydrogen (secondary N) is 1. The summed E-state index contributed by atoms with van der Waals surface area (Å²) in [5, 5.41) is 3.26. The maximum Gasteiger partial charge on any atom is 0.124 e. The molecule has 112 valence electrons. The summed E-state index contributed by atoms with van der Waals surface area (Å²) in [7, 11) is 1.90. The average Bonchev–Trinajstić information content (AvgIpc) is 2.46. The minimum Gasteiger partial charge on any atom is -0.309 e. The van der Waals surface area contributed by atoms with Crippen molar-refractivity contribution in [3.05, 3.63) is 69.4 Å². The molecule has 0 bridgehead atoms. The maximum absolute atomic E-state index is 13.6. The Morgan fingerprint density at radius 1 is 1.10 bits per heavy atom. The van der Waals surface area contributed by atoms with Gasteiger partial charge in [-0.3, -0.25) is 0 Å². The summed E-state index contributed by atoms with van der Waals surface area (Å²) in [6, 6.07) is 13.6. The molecule has 0 heterocycles. The maximum atomic E-state index is 13.6. The van der Waals surface area contributed by atoms with Gasteiger partial charge in [-0.1, -0.05) is 53.5 Å². The van der Waals surface area contributed by atoms with E-state index in [4.69, 9.17) is 0 Å². The van der Waals surface area contributed by atoms with E-state index in [1.807, 2.05) is 13.1 Å². The number of aryl methyl sites for hydroxylation is 1. The fraction of sp³-hybridized carbons (Fsp3) is 0.333. The normalized spacial score (nSPS) is 12.4. The zero-order chi connectivity index (χ0) is 15.2. The van der Waals surface area contributed by atoms with Crippen molar-refractivity contribution in [2.24, 2.45) is 0 Å². The third kappa shape index (κ3) is 4.39. The first kappa shape index (κ1) is 16.2. The van der Waals surface area contributed by atoms with Crippen LogP contribution in [0, 0.1) is 5.82 Å². The molecule has 3 heteroatoms. The van der Waals surface area contributed by atoms with E-state index in [2.05, 4.69) is 52.4 Å². The molecule has 1 nitrogen and oxygen atoms in total. The quantitative estimate of drug-likeness (QED) is 0.751. The van der Waals surface area contributed by atoms with Crippen LogP contribution in [0.25, 0.3) is 0 Å². The molecule has 1 atom stereocenters. The van der Waals surface area contributed by atoms with Gasteiger partial charge in [-0.15, -0.1) is 0 Å². The second-order valence-electron chi connectivity index (χ2n) is 5.27. The Hall–Kier alpha value is -1.19. The molecule has 2 rings (SSSR count). The predicted octanol–water partition coefficient (Wildman–Crippen LogP) is 5.24. The molecule has 0 radical (unpaired) electrons. The summed E-state index contributed by atoms with van der Waals surface area (Å²) >= 11 is 3.36. The molecule has 0 saturated heterocycles. The molecule has 0 aromatic heterocycles. The van der Waals surface area contributed by atoms with Crippen LogP contribution >= 0.6 is 15.9 Å². The summed E-state index contributed by atoms with van der Waals surface area (Å²) in [6.07, 6.45) is 3.54. The van der Waals surface area contributed by atoms with Gasteiger partial charge in [-0.25, -0.2) is 4.39 Å². The molecule has 1 N–H and O–H groups in total. The van der Waals surface area contributed by atoms with E-state index in [0.29, 0.717) is 0 Å². The first-order valence-corrected chi connectivity index (χ1v) is 8.15. The first-order valence-electron chi connectivity index (χ1n) is 7.36. The van der Waals surface area contributed by atoms with Gasteiger partial charge in [0.05, 0.1) is 6.04 Å². The van der Waals surface area contributed by atoms with Gasteiger partial charge in [0.2, 0.25) is 0 Å². The Morgan fingerprint density at radius 2 is 1.81 bits per heavy atom. The van der Waals surface area contributed by atoms with Crippen molar-refractivity contribution in [2.75, 3.05) is 7.05 Å². The van der Waals surface area contributed by atoms with Crippen LogP contribution in [0.15, 0.2) is 46.9 Å². The number of benzene rings is 2. The summed E-state index contributed by atoms with van der Waals surface area (Å²) < 4.78 is 14.3. The van der Waals surface area contributed by atoms with Crippen LogP contribution in [-0.4, -0.2) is 7.05 Å². The smallest absolute Gasteiger partial charge is 0.124 e. The highest BCUT2D eigenvalue weighted by atomic mass is 79.9. The molecule has 0 amide bonds. The number of rotatable bonds is 6. The van der Waals surface area contributed by atoms with Gasteiger partial charge in [0.25, 0.3) is 0 Å². The molecule has 0 aliphatic rings. The van der Waals surface area contributed by atoms with E-state index in [1.165, 1.54) is 24.5 Å². The van der Waals surface area contributed by atoms with Gasteiger partial charge in [-0.2, -0.15) is 0 Å². The molecular weight excluding hydrogens is 329 g/mol. The number of hydrogen-bond donors (Lipinski definition) is 1. The van der Waals surface area contributed by atoms with Crippen molar-refractivity contribution in [1.29, 1.82) is 0 Å². The number of hydrogen-bond acceptors (Lipinski definition) is 1. The lowest BCUT2D eigenvalue weighted by Crippen LogP contribution is -2.17. The summed E-state index contributed by atoms with van der Waals surface area (Å²) in [6.45, 7) is 2.20. The predicted molar refractivity (Wildman–Crippen MR) is 90.1 cm³/mol. The summed E-state index contributed by atoms with van der Waals surface area (Å²) in [5.74, 6) is -0.223. The third-order valence-electron chi connectivity index (χ3n) is 3.64. The molecule has 0 saturated carbocycles. The van der Waals surface area contributed by atoms with Crippen molar-refractivity contribution in [3.63, 3.8) is 0 Å². The van der Waals surface area contributed by atoms with Crippen LogP contribution in [0.2, 0.25) is 0 Å². The Labute approximate surface area is 134 Å². The highest BCUT2D eigenvalue weighted by Crippen LogP contribution is 2.26. The molecule has 0 aliphatic carbocycles. The van der Waals surface area contributed by atoms with E-state index in [-0.39, 0.29) is 11.9 Å². The Bertz CT molecular complexity index is 560. The zero-order valence-electron chi connectivity index (χ0n) is 12.5. The van der Waals surface area contributed by atoms with Gasteiger partial charge in [0.15, 0.2) is 0 Å². The van der Waals surface area contributed by atoms with Gasteiger partial charge in [-0.05, 0) is 54.8 Å². The van der Waals surface area contributed by atoms with E-state index in [9.17, 15) is 4.39 Å². The van der Waals surface area contributed by atoms with E-state index >= 15 is 0 Å². The van der Waals surface area contributed by atoms with E-state index in [0.717, 1.165) is 22.0 Å². The van der Waals surface area contributed by atoms with Crippen LogP contribution < -0.4 is 5.32 Å². The van der Waals surface area contributed by atoms with E-state index < -0.39 is 0 Å². The molecule has 21 heavy (non-hydrogen) atoms. The van der Waals surface area contributed by atoms with Crippen LogP contribution in [0.3, 0.4) is 0 Å². The van der Waals surface area contributed by atoms with Crippen LogP contribution in [0.4, 0.5) is 4.39 Å². The Morgan fingerprint density at radius 3 is 2.38 bits per heavy atom. The Kier molecular flexibility index (Phi) is 5.95. The minimum absolute atomic E-state index is 0.00257. The molecule has 2 aromatic rings. The van der Waals surface area contributed by atoms with Gasteiger partial charge in [0, 0.05) is 4.47 Å². The first-order chi connectivity index (χ1) is 10.1. The number of unbranched alkanes of at least 4 members (excludes halogenated alkanes) is 1. The second-order valence-corrected chi connectivity index (χ2v) is 6.19. The SMILES string of the molecule is CCCCc1ccc(C(NC)c2cc(F)cc(Br)c2)cc1. The second kappa shape index (κ2) is 7.71. The average molecular weight is 350 g/mol. The molecule has 0 aliphatic heterocycles. The molecule has 0 fully saturated rings. The van der Waals surface area contributed by atoms with Crippen molar-refractivity contribution in [1.82, 2.24) is 5.32 Å². The van der Waals surface area contributed by atoms with E-state index in [1.54, 1.807) is 6.07 Å². The van der Waals surface area contributed by atoms with Gasteiger partial charge in [0.1, 0.15) is 5.82 Å². The third-order valence-corrected chi connectivity index (χ3v) is 4.10. The molecule has 2 aromatic carbocycles. The van der Waals surface area contributed by atoms with Crippen molar-refractivity contribution >= 4 is 15.9 Å². The summed E-state index contributed by atoms with van der Waals surface area (Å²) in [5.41, 5.74) is 3.43. The summed E-state index contributed by atoms with van der Waals surface area (Å²) in [4.78, 5) is 0. The van der Waals surface area contributed by atoms with Crippen LogP contribution in [-0.2, 0) is 6.42 Å². The molecular formula is C18H21BrFN.